The van der Waals surface area contributed by atoms with E-state index < -0.39 is 5.41 Å². The number of hydrogen-bond acceptors (Lipinski definition) is 3. The van der Waals surface area contributed by atoms with Crippen LogP contribution in [0.4, 0.5) is 0 Å². The molecule has 490 valence electrons. The Morgan fingerprint density at radius 3 is 1.03 bits per heavy atom. The largest absolute Gasteiger partial charge is 0.454 e. The molecule has 100 heavy (non-hydrogen) atoms. The lowest BCUT2D eigenvalue weighted by Crippen LogP contribution is -2.20. The third kappa shape index (κ3) is 8.81. The molecule has 7 heteroatoms. The molecule has 0 amide bonds. The van der Waals surface area contributed by atoms with Crippen LogP contribution in [0.5, 0.6) is 0 Å². The van der Waals surface area contributed by atoms with Crippen molar-refractivity contribution in [1.82, 2.24) is 18.3 Å². The summed E-state index contributed by atoms with van der Waals surface area (Å²) >= 11 is 0. The second kappa shape index (κ2) is 22.0. The first-order valence-corrected chi connectivity index (χ1v) is 35.8. The van der Waals surface area contributed by atoms with E-state index in [2.05, 4.69) is 334 Å². The van der Waals surface area contributed by atoms with Crippen molar-refractivity contribution in [2.75, 3.05) is 0 Å². The van der Waals surface area contributed by atoms with Crippen LogP contribution < -0.4 is 0 Å². The van der Waals surface area contributed by atoms with Crippen molar-refractivity contribution < 1.29 is 8.83 Å². The molecule has 6 aromatic heterocycles. The van der Waals surface area contributed by atoms with E-state index in [1.165, 1.54) is 33.4 Å². The summed E-state index contributed by atoms with van der Waals surface area (Å²) in [4.78, 5) is 0. The summed E-state index contributed by atoms with van der Waals surface area (Å²) in [7, 11) is 0. The van der Waals surface area contributed by atoms with Gasteiger partial charge in [-0.15, -0.1) is 0 Å². The van der Waals surface area contributed by atoms with Gasteiger partial charge in [-0.3, -0.25) is 0 Å². The Kier molecular flexibility index (Phi) is 13.5. The maximum atomic E-state index is 13.9. The van der Waals surface area contributed by atoms with Gasteiger partial charge in [0.05, 0.1) is 66.9 Å². The van der Waals surface area contributed by atoms with E-state index in [-0.39, 0.29) is 29.1 Å². The second-order valence-electron chi connectivity index (χ2n) is 31.5. The van der Waals surface area contributed by atoms with Crippen molar-refractivity contribution in [3.05, 3.63) is 251 Å². The molecule has 0 saturated heterocycles. The molecule has 0 spiro atoms. The second-order valence-corrected chi connectivity index (χ2v) is 31.5. The lowest BCUT2D eigenvalue weighted by Gasteiger charge is -2.33. The van der Waals surface area contributed by atoms with Gasteiger partial charge >= 0.3 is 0 Å². The molecule has 0 unspecified atom stereocenters. The van der Waals surface area contributed by atoms with Crippen molar-refractivity contribution in [3.63, 3.8) is 0 Å². The first-order chi connectivity index (χ1) is 48.2. The molecule has 0 N–H and O–H groups in total. The lowest BCUT2D eigenvalue weighted by atomic mass is 9.76. The minimum Gasteiger partial charge on any atom is -0.454 e. The van der Waals surface area contributed by atoms with Crippen LogP contribution in [0.2, 0.25) is 0 Å². The van der Waals surface area contributed by atoms with Crippen molar-refractivity contribution in [3.8, 4) is 39.9 Å². The lowest BCUT2D eigenvalue weighted by molar-refractivity contribution is 0.569. The van der Waals surface area contributed by atoms with E-state index in [1.807, 2.05) is 0 Å². The highest BCUT2D eigenvalue weighted by Crippen LogP contribution is 2.56. The van der Waals surface area contributed by atoms with E-state index in [9.17, 15) is 5.26 Å². The van der Waals surface area contributed by atoms with Crippen LogP contribution in [0.3, 0.4) is 0 Å². The predicted molar refractivity (Wildman–Crippen MR) is 422 cm³/mol. The fraction of sp³-hybridized carbons (Fsp3) is 0.215. The summed E-state index contributed by atoms with van der Waals surface area (Å²) in [6.45, 7) is 32.5. The van der Waals surface area contributed by atoms with Gasteiger partial charge in [0.1, 0.15) is 22.8 Å². The molecule has 0 bridgehead atoms. The number of rotatable bonds is 9. The fourth-order valence-electron chi connectivity index (χ4n) is 16.7. The molecule has 7 nitrogen and oxygen atoms in total. The summed E-state index contributed by atoms with van der Waals surface area (Å²) in [6.07, 6.45) is 0. The molecular weight excluding hydrogens is 1220 g/mol. The SMILES string of the molecule is CC(C)c1ccc2c(c1)c1cc(C(C)C)ccc1n2-c1c(-c2ccc(C(C)(C)C)cc2C(C)(C)C)c(-n2c3ccc(C(C)C)cc3c3cc(C(C)C)ccc32)c(-n2c3ccccc3c3ccc4c5ccccc5oc4c32)c(C#N)c1-n1c2ccccc2c2ccc3c4ccccc4oc3c21. The molecular formula is C93H81N5O2. The third-order valence-electron chi connectivity index (χ3n) is 22.0. The first-order valence-electron chi connectivity index (χ1n) is 35.8. The number of benzene rings is 12. The van der Waals surface area contributed by atoms with Gasteiger partial charge in [0.15, 0.2) is 11.2 Å². The van der Waals surface area contributed by atoms with Gasteiger partial charge in [0.2, 0.25) is 0 Å². The summed E-state index contributed by atoms with van der Waals surface area (Å²) in [6, 6.07) is 82.7. The monoisotopic (exact) mass is 1300 g/mol. The predicted octanol–water partition coefficient (Wildman–Crippen LogP) is 26.5. The Bertz CT molecular complexity index is 6090. The molecule has 18 rings (SSSR count). The Morgan fingerprint density at radius 2 is 0.670 bits per heavy atom. The molecule has 0 atom stereocenters. The number of furan rings is 2. The summed E-state index contributed by atoms with van der Waals surface area (Å²) in [5.41, 5.74) is 23.4. The number of fused-ring (bicyclic) bond motifs is 20. The highest BCUT2D eigenvalue weighted by molar-refractivity contribution is 6.25. The minimum atomic E-state index is -0.446. The van der Waals surface area contributed by atoms with Crippen molar-refractivity contribution in [2.45, 2.75) is 131 Å². The van der Waals surface area contributed by atoms with Gasteiger partial charge in [0, 0.05) is 70.2 Å². The zero-order valence-electron chi connectivity index (χ0n) is 59.6. The number of para-hydroxylation sites is 4. The third-order valence-corrected chi connectivity index (χ3v) is 22.0. The molecule has 12 aromatic carbocycles. The Labute approximate surface area is 582 Å². The van der Waals surface area contributed by atoms with Crippen LogP contribution >= 0.6 is 0 Å². The molecule has 0 aliphatic heterocycles. The van der Waals surface area contributed by atoms with Gasteiger partial charge in [-0.1, -0.05) is 224 Å². The number of nitriles is 1. The van der Waals surface area contributed by atoms with E-state index in [0.29, 0.717) is 5.56 Å². The average Bonchev–Trinajstić information content (AvgIpc) is 1.39. The van der Waals surface area contributed by atoms with Crippen LogP contribution in [0.1, 0.15) is 160 Å². The zero-order valence-corrected chi connectivity index (χ0v) is 59.6. The smallest absolute Gasteiger partial charge is 0.160 e. The van der Waals surface area contributed by atoms with Crippen LogP contribution in [-0.4, -0.2) is 18.3 Å². The number of hydrogen-bond donors (Lipinski definition) is 0. The standard InChI is InChI=1S/C93H81N5O2/c1-51(2)55-31-41-77-69(45-55)70-46-56(52(3)4)32-42-78(70)95(77)88-83(68-36-35-59(92(9,10)11)49-74(68)93(12,13)14)89(96-79-43-33-57(53(5)6)47-71(79)72-48-58(54(7)8)34-44-80(72)96)85(98-76-28-20-16-24-61(76)65-38-40-67-63-26-18-22-30-82(63)100-91(67)87(65)98)73(50-94)84(88)97-75-27-19-15-23-60(75)64-37-39-66-62-25-17-21-29-81(62)99-90(66)86(64)97/h15-49,51-54H,1-14H3. The van der Waals surface area contributed by atoms with Gasteiger partial charge in [0.25, 0.3) is 0 Å². The van der Waals surface area contributed by atoms with Crippen molar-refractivity contribution >= 4 is 131 Å². The molecule has 0 radical (unpaired) electrons. The Hall–Kier alpha value is -11.1. The van der Waals surface area contributed by atoms with Gasteiger partial charge in [-0.2, -0.15) is 5.26 Å². The van der Waals surface area contributed by atoms with E-state index in [1.54, 1.807) is 0 Å². The quantitative estimate of drug-likeness (QED) is 0.145. The summed E-state index contributed by atoms with van der Waals surface area (Å²) in [5, 5.41) is 26.6. The number of aromatic nitrogens is 4. The van der Waals surface area contributed by atoms with Gasteiger partial charge in [-0.05, 0) is 158 Å². The molecule has 0 fully saturated rings. The van der Waals surface area contributed by atoms with Crippen LogP contribution in [0.15, 0.2) is 221 Å². The topological polar surface area (TPSA) is 69.8 Å². The summed E-state index contributed by atoms with van der Waals surface area (Å²) < 4.78 is 24.8. The van der Waals surface area contributed by atoms with E-state index in [0.717, 1.165) is 165 Å². The minimum absolute atomic E-state index is 0.211. The van der Waals surface area contributed by atoms with Crippen molar-refractivity contribution in [1.29, 1.82) is 5.26 Å². The summed E-state index contributed by atoms with van der Waals surface area (Å²) in [5.74, 6) is 1.02. The van der Waals surface area contributed by atoms with E-state index >= 15 is 0 Å². The Balaban J connectivity index is 1.23. The molecule has 0 saturated carbocycles. The number of nitrogens with zero attached hydrogens (tertiary/aromatic N) is 5. The highest BCUT2D eigenvalue weighted by Gasteiger charge is 2.39. The average molecular weight is 1300 g/mol. The van der Waals surface area contributed by atoms with Crippen molar-refractivity contribution in [2.24, 2.45) is 0 Å². The van der Waals surface area contributed by atoms with E-state index in [4.69, 9.17) is 8.83 Å². The maximum absolute atomic E-state index is 13.9. The fourth-order valence-corrected chi connectivity index (χ4v) is 16.7. The van der Waals surface area contributed by atoms with Gasteiger partial charge in [-0.25, -0.2) is 0 Å². The normalized spacial score (nSPS) is 12.8. The molecule has 0 aliphatic carbocycles. The van der Waals surface area contributed by atoms with Crippen LogP contribution in [0.25, 0.3) is 165 Å². The zero-order chi connectivity index (χ0) is 68.9. The Morgan fingerprint density at radius 1 is 0.320 bits per heavy atom. The maximum Gasteiger partial charge on any atom is 0.160 e. The van der Waals surface area contributed by atoms with Crippen LogP contribution in [0, 0.1) is 11.3 Å². The first kappa shape index (κ1) is 61.3. The molecule has 18 aromatic rings. The molecule has 0 aliphatic rings. The van der Waals surface area contributed by atoms with Crippen LogP contribution in [-0.2, 0) is 10.8 Å². The molecule has 6 heterocycles. The highest BCUT2D eigenvalue weighted by atomic mass is 16.3. The van der Waals surface area contributed by atoms with Gasteiger partial charge < -0.3 is 27.1 Å².